The van der Waals surface area contributed by atoms with Gasteiger partial charge in [-0.2, -0.15) is 0 Å². The van der Waals surface area contributed by atoms with Gasteiger partial charge in [-0.15, -0.1) is 0 Å². The highest BCUT2D eigenvalue weighted by atomic mass is 28.2. The number of rotatable bonds is 4. The lowest BCUT2D eigenvalue weighted by Gasteiger charge is -2.10. The third-order valence-corrected chi connectivity index (χ3v) is 4.12. The van der Waals surface area contributed by atoms with E-state index >= 15 is 0 Å². The van der Waals surface area contributed by atoms with Crippen molar-refractivity contribution >= 4 is 14.9 Å². The minimum atomic E-state index is -2.21. The molecule has 0 aliphatic carbocycles. The number of benzene rings is 2. The Bertz CT molecular complexity index is 662. The van der Waals surface area contributed by atoms with Crippen molar-refractivity contribution in [2.24, 2.45) is 0 Å². The van der Waals surface area contributed by atoms with Crippen LogP contribution in [0.2, 0.25) is 0 Å². The summed E-state index contributed by atoms with van der Waals surface area (Å²) in [5.74, 6) is -10.1. The summed E-state index contributed by atoms with van der Waals surface area (Å²) in [6.45, 7) is -1.93. The van der Waals surface area contributed by atoms with Crippen LogP contribution >= 0.6 is 0 Å². The first-order valence-corrected chi connectivity index (χ1v) is 7.20. The zero-order valence-electron chi connectivity index (χ0n) is 10.8. The standard InChI is InChI=1S/C13H9F5O3Si/c14-8-7(9(15)11(17)12(18)10(8)16)5-1-3-6(4-2-5)22-21-13(19)20/h1-4,13,19-20H,22H2. The Morgan fingerprint density at radius 3 is 1.68 bits per heavy atom. The summed E-state index contributed by atoms with van der Waals surface area (Å²) < 4.78 is 71.1. The molecule has 2 N–H and O–H groups in total. The van der Waals surface area contributed by atoms with E-state index in [1.807, 2.05) is 0 Å². The smallest absolute Gasteiger partial charge is 0.256 e. The monoisotopic (exact) mass is 336 g/mol. The van der Waals surface area contributed by atoms with Gasteiger partial charge in [0.15, 0.2) is 33.0 Å². The fraction of sp³-hybridized carbons (Fsp3) is 0.0769. The Morgan fingerprint density at radius 1 is 0.773 bits per heavy atom. The molecule has 9 heteroatoms. The van der Waals surface area contributed by atoms with E-state index in [0.29, 0.717) is 5.19 Å². The van der Waals surface area contributed by atoms with Crippen LogP contribution in [0.3, 0.4) is 0 Å². The molecule has 0 saturated carbocycles. The van der Waals surface area contributed by atoms with Crippen LogP contribution in [-0.2, 0) is 4.43 Å². The fourth-order valence-corrected chi connectivity index (χ4v) is 2.57. The first-order valence-electron chi connectivity index (χ1n) is 5.91. The number of halogens is 5. The molecule has 2 aromatic carbocycles. The van der Waals surface area contributed by atoms with Crippen molar-refractivity contribution in [3.8, 4) is 11.1 Å². The van der Waals surface area contributed by atoms with Crippen molar-refractivity contribution in [1.29, 1.82) is 0 Å². The zero-order chi connectivity index (χ0) is 16.4. The number of aliphatic hydroxyl groups is 2. The Kier molecular flexibility index (Phi) is 4.91. The molecule has 22 heavy (non-hydrogen) atoms. The van der Waals surface area contributed by atoms with Gasteiger partial charge in [-0.25, -0.2) is 22.0 Å². The third-order valence-electron chi connectivity index (χ3n) is 2.85. The molecule has 0 radical (unpaired) electrons. The van der Waals surface area contributed by atoms with E-state index in [4.69, 9.17) is 10.2 Å². The van der Waals surface area contributed by atoms with Gasteiger partial charge in [-0.05, 0) is 10.8 Å². The summed E-state index contributed by atoms with van der Waals surface area (Å²) in [6.07, 6.45) is 0. The quantitative estimate of drug-likeness (QED) is 0.288. The van der Waals surface area contributed by atoms with Crippen molar-refractivity contribution in [1.82, 2.24) is 0 Å². The number of aliphatic hydroxyl groups excluding tert-OH is 1. The molecular weight excluding hydrogens is 327 g/mol. The van der Waals surface area contributed by atoms with Gasteiger partial charge in [-0.3, -0.25) is 0 Å². The molecule has 0 aliphatic heterocycles. The highest BCUT2D eigenvalue weighted by Gasteiger charge is 2.26. The Labute approximate surface area is 123 Å². The normalized spacial score (nSPS) is 11.8. The van der Waals surface area contributed by atoms with Crippen LogP contribution in [0.1, 0.15) is 0 Å². The summed E-state index contributed by atoms with van der Waals surface area (Å²) >= 11 is 0. The second-order valence-electron chi connectivity index (χ2n) is 4.28. The second-order valence-corrected chi connectivity index (χ2v) is 5.72. The average molecular weight is 336 g/mol. The van der Waals surface area contributed by atoms with Crippen molar-refractivity contribution in [3.63, 3.8) is 0 Å². The molecule has 0 spiro atoms. The molecule has 2 aromatic rings. The van der Waals surface area contributed by atoms with Gasteiger partial charge in [0.25, 0.3) is 6.48 Å². The van der Waals surface area contributed by atoms with Crippen molar-refractivity contribution in [3.05, 3.63) is 53.4 Å². The summed E-state index contributed by atoms with van der Waals surface area (Å²) in [5.41, 5.74) is -1.22. The largest absolute Gasteiger partial charge is 0.373 e. The molecule has 0 heterocycles. The average Bonchev–Trinajstić information content (AvgIpc) is 2.50. The molecular formula is C13H9F5O3Si. The highest BCUT2D eigenvalue weighted by molar-refractivity contribution is 6.46. The maximum absolute atomic E-state index is 13.6. The molecule has 0 aromatic heterocycles. The van der Waals surface area contributed by atoms with Crippen molar-refractivity contribution < 1.29 is 36.6 Å². The number of hydrogen-bond acceptors (Lipinski definition) is 3. The van der Waals surface area contributed by atoms with Gasteiger partial charge in [0, 0.05) is 0 Å². The molecule has 2 rings (SSSR count). The molecule has 0 amide bonds. The lowest BCUT2D eigenvalue weighted by atomic mass is 10.0. The zero-order valence-corrected chi connectivity index (χ0v) is 12.2. The Hall–Kier alpha value is -1.81. The third kappa shape index (κ3) is 3.17. The molecule has 0 saturated heterocycles. The predicted octanol–water partition coefficient (Wildman–Crippen LogP) is 1.04. The van der Waals surface area contributed by atoms with E-state index in [2.05, 4.69) is 4.43 Å². The van der Waals surface area contributed by atoms with Crippen LogP contribution in [0.25, 0.3) is 11.1 Å². The lowest BCUT2D eigenvalue weighted by molar-refractivity contribution is -0.179. The molecule has 0 fully saturated rings. The van der Waals surface area contributed by atoms with Crippen molar-refractivity contribution in [2.75, 3.05) is 0 Å². The predicted molar refractivity (Wildman–Crippen MR) is 69.2 cm³/mol. The molecule has 3 nitrogen and oxygen atoms in total. The van der Waals surface area contributed by atoms with Crippen LogP contribution in [0.4, 0.5) is 22.0 Å². The minimum Gasteiger partial charge on any atom is -0.373 e. The van der Waals surface area contributed by atoms with E-state index in [1.165, 1.54) is 12.1 Å². The van der Waals surface area contributed by atoms with E-state index in [1.54, 1.807) is 0 Å². The first kappa shape index (κ1) is 16.6. The summed E-state index contributed by atoms with van der Waals surface area (Å²) in [6, 6.07) is 5.02. The van der Waals surface area contributed by atoms with Gasteiger partial charge in [0.05, 0.1) is 5.56 Å². The van der Waals surface area contributed by atoms with Crippen LogP contribution in [-0.4, -0.2) is 26.5 Å². The topological polar surface area (TPSA) is 49.7 Å². The molecule has 0 aliphatic rings. The van der Waals surface area contributed by atoms with E-state index in [-0.39, 0.29) is 5.56 Å². The summed E-state index contributed by atoms with van der Waals surface area (Å²) in [7, 11) is -1.49. The van der Waals surface area contributed by atoms with Crippen molar-refractivity contribution in [2.45, 2.75) is 6.48 Å². The van der Waals surface area contributed by atoms with Gasteiger partial charge in [0.2, 0.25) is 5.82 Å². The van der Waals surface area contributed by atoms with Gasteiger partial charge >= 0.3 is 0 Å². The molecule has 0 unspecified atom stereocenters. The van der Waals surface area contributed by atoms with E-state index in [9.17, 15) is 22.0 Å². The number of hydrogen-bond donors (Lipinski definition) is 2. The fourth-order valence-electron chi connectivity index (χ4n) is 1.80. The van der Waals surface area contributed by atoms with Gasteiger partial charge in [0.1, 0.15) is 0 Å². The Morgan fingerprint density at radius 2 is 1.23 bits per heavy atom. The van der Waals surface area contributed by atoms with E-state index < -0.39 is 50.9 Å². The minimum absolute atomic E-state index is 0.199. The van der Waals surface area contributed by atoms with Gasteiger partial charge in [-0.1, -0.05) is 24.3 Å². The molecule has 118 valence electrons. The summed E-state index contributed by atoms with van der Waals surface area (Å²) in [4.78, 5) is 0. The maximum Gasteiger partial charge on any atom is 0.256 e. The Balaban J connectivity index is 2.41. The van der Waals surface area contributed by atoms with E-state index in [0.717, 1.165) is 12.1 Å². The molecule has 0 bridgehead atoms. The van der Waals surface area contributed by atoms with Crippen LogP contribution in [0.5, 0.6) is 0 Å². The highest BCUT2D eigenvalue weighted by Crippen LogP contribution is 2.30. The first-order chi connectivity index (χ1) is 10.3. The van der Waals surface area contributed by atoms with Crippen LogP contribution in [0.15, 0.2) is 24.3 Å². The van der Waals surface area contributed by atoms with Crippen LogP contribution < -0.4 is 5.19 Å². The second kappa shape index (κ2) is 6.52. The van der Waals surface area contributed by atoms with Crippen LogP contribution in [0, 0.1) is 29.1 Å². The van der Waals surface area contributed by atoms with Gasteiger partial charge < -0.3 is 14.6 Å². The maximum atomic E-state index is 13.6. The SMILES string of the molecule is OC(O)O[SiH2]c1ccc(-c2c(F)c(F)c(F)c(F)c2F)cc1. The lowest BCUT2D eigenvalue weighted by Crippen LogP contribution is -2.23. The molecule has 0 atom stereocenters. The summed E-state index contributed by atoms with van der Waals surface area (Å²) in [5, 5.41) is 17.7.